The number of hydrogen-bond acceptors (Lipinski definition) is 3. The van der Waals surface area contributed by atoms with Gasteiger partial charge in [0, 0.05) is 23.8 Å². The minimum Gasteiger partial charge on any atom is -0.352 e. The summed E-state index contributed by atoms with van der Waals surface area (Å²) in [6.45, 7) is 6.27. The van der Waals surface area contributed by atoms with Crippen molar-refractivity contribution in [2.24, 2.45) is 0 Å². The summed E-state index contributed by atoms with van der Waals surface area (Å²) in [5.74, 6) is -0.480. The molecular formula is C20H25N3O2. The average Bonchev–Trinajstić information content (AvgIpc) is 2.58. The molecule has 132 valence electrons. The number of aryl methyl sites for hydroxylation is 1. The second kappa shape index (κ2) is 8.42. The molecule has 2 amide bonds. The van der Waals surface area contributed by atoms with Crippen molar-refractivity contribution in [3.63, 3.8) is 0 Å². The SMILES string of the molecule is CC(C)(C)NC(=O)c1cc(C(=O)NCCCc2ccccc2)ccn1. The molecule has 0 aliphatic carbocycles. The van der Waals surface area contributed by atoms with Crippen molar-refractivity contribution >= 4 is 11.8 Å². The topological polar surface area (TPSA) is 71.1 Å². The molecule has 1 aromatic heterocycles. The third kappa shape index (κ3) is 6.37. The summed E-state index contributed by atoms with van der Waals surface area (Å²) in [7, 11) is 0. The molecule has 2 aromatic rings. The van der Waals surface area contributed by atoms with Crippen molar-refractivity contribution < 1.29 is 9.59 Å². The van der Waals surface area contributed by atoms with E-state index in [9.17, 15) is 9.59 Å². The van der Waals surface area contributed by atoms with Crippen LogP contribution in [0.2, 0.25) is 0 Å². The number of nitrogens with one attached hydrogen (secondary N) is 2. The first-order valence-electron chi connectivity index (χ1n) is 8.46. The molecule has 0 bridgehead atoms. The standard InChI is InChI=1S/C20H25N3O2/c1-20(2,3)23-19(25)17-14-16(11-13-21-17)18(24)22-12-7-10-15-8-5-4-6-9-15/h4-6,8-9,11,13-14H,7,10,12H2,1-3H3,(H,22,24)(H,23,25). The van der Waals surface area contributed by atoms with Gasteiger partial charge in [0.15, 0.2) is 0 Å². The van der Waals surface area contributed by atoms with Crippen molar-refractivity contribution in [3.05, 3.63) is 65.5 Å². The number of amides is 2. The zero-order chi connectivity index (χ0) is 18.3. The second-order valence-corrected chi connectivity index (χ2v) is 6.98. The smallest absolute Gasteiger partial charge is 0.270 e. The van der Waals surface area contributed by atoms with Crippen molar-refractivity contribution in [1.29, 1.82) is 0 Å². The van der Waals surface area contributed by atoms with Gasteiger partial charge in [0.1, 0.15) is 5.69 Å². The van der Waals surface area contributed by atoms with Gasteiger partial charge in [-0.25, -0.2) is 0 Å². The van der Waals surface area contributed by atoms with Crippen LogP contribution in [0.1, 0.15) is 53.6 Å². The van der Waals surface area contributed by atoms with Crippen molar-refractivity contribution in [2.75, 3.05) is 6.54 Å². The summed E-state index contributed by atoms with van der Waals surface area (Å²) < 4.78 is 0. The maximum Gasteiger partial charge on any atom is 0.270 e. The molecule has 2 N–H and O–H groups in total. The van der Waals surface area contributed by atoms with E-state index in [0.717, 1.165) is 12.8 Å². The average molecular weight is 339 g/mol. The molecule has 0 radical (unpaired) electrons. The number of pyridine rings is 1. The van der Waals surface area contributed by atoms with Gasteiger partial charge in [-0.3, -0.25) is 14.6 Å². The van der Waals surface area contributed by atoms with E-state index in [1.54, 1.807) is 6.07 Å². The predicted molar refractivity (Wildman–Crippen MR) is 98.6 cm³/mol. The quantitative estimate of drug-likeness (QED) is 0.795. The highest BCUT2D eigenvalue weighted by Gasteiger charge is 2.17. The molecule has 0 spiro atoms. The van der Waals surface area contributed by atoms with Crippen LogP contribution in [0.15, 0.2) is 48.7 Å². The molecule has 25 heavy (non-hydrogen) atoms. The molecule has 5 heteroatoms. The van der Waals surface area contributed by atoms with E-state index in [1.807, 2.05) is 39.0 Å². The first-order valence-corrected chi connectivity index (χ1v) is 8.46. The summed E-state index contributed by atoms with van der Waals surface area (Å²) in [6.07, 6.45) is 3.26. The van der Waals surface area contributed by atoms with E-state index in [-0.39, 0.29) is 23.0 Å². The van der Waals surface area contributed by atoms with E-state index in [1.165, 1.54) is 17.8 Å². The largest absolute Gasteiger partial charge is 0.352 e. The molecule has 0 aliphatic rings. The van der Waals surface area contributed by atoms with Crippen LogP contribution < -0.4 is 10.6 Å². The lowest BCUT2D eigenvalue weighted by Crippen LogP contribution is -2.41. The summed E-state index contributed by atoms with van der Waals surface area (Å²) in [4.78, 5) is 28.4. The third-order valence-electron chi connectivity index (χ3n) is 3.51. The van der Waals surface area contributed by atoms with Gasteiger partial charge in [0.25, 0.3) is 11.8 Å². The van der Waals surface area contributed by atoms with Crippen LogP contribution in [0, 0.1) is 0 Å². The van der Waals surface area contributed by atoms with Crippen LogP contribution in [-0.4, -0.2) is 28.9 Å². The first kappa shape index (κ1) is 18.6. The fourth-order valence-electron chi connectivity index (χ4n) is 2.34. The Hall–Kier alpha value is -2.69. The molecular weight excluding hydrogens is 314 g/mol. The van der Waals surface area contributed by atoms with Crippen LogP contribution >= 0.6 is 0 Å². The van der Waals surface area contributed by atoms with E-state index in [0.29, 0.717) is 12.1 Å². The van der Waals surface area contributed by atoms with Crippen molar-refractivity contribution in [3.8, 4) is 0 Å². The van der Waals surface area contributed by atoms with Gasteiger partial charge in [-0.05, 0) is 51.3 Å². The number of carbonyl (C=O) groups excluding carboxylic acids is 2. The Kier molecular flexibility index (Phi) is 6.28. The minimum absolute atomic E-state index is 0.194. The monoisotopic (exact) mass is 339 g/mol. The number of hydrogen-bond donors (Lipinski definition) is 2. The summed E-state index contributed by atoms with van der Waals surface area (Å²) in [6, 6.07) is 13.3. The van der Waals surface area contributed by atoms with Crippen LogP contribution in [-0.2, 0) is 6.42 Å². The summed E-state index contributed by atoms with van der Waals surface area (Å²) >= 11 is 0. The van der Waals surface area contributed by atoms with Gasteiger partial charge < -0.3 is 10.6 Å². The number of carbonyl (C=O) groups is 2. The zero-order valence-electron chi connectivity index (χ0n) is 15.0. The van der Waals surface area contributed by atoms with Gasteiger partial charge in [0.05, 0.1) is 0 Å². The maximum atomic E-state index is 12.2. The molecule has 0 aliphatic heterocycles. The molecule has 2 rings (SSSR count). The highest BCUT2D eigenvalue weighted by molar-refractivity contribution is 5.98. The van der Waals surface area contributed by atoms with E-state index < -0.39 is 0 Å². The lowest BCUT2D eigenvalue weighted by molar-refractivity contribution is 0.0914. The van der Waals surface area contributed by atoms with Gasteiger partial charge in [0.2, 0.25) is 0 Å². The molecule has 0 unspecified atom stereocenters. The van der Waals surface area contributed by atoms with Crippen molar-refractivity contribution in [1.82, 2.24) is 15.6 Å². The van der Waals surface area contributed by atoms with Crippen LogP contribution in [0.3, 0.4) is 0 Å². The minimum atomic E-state index is -0.353. The Morgan fingerprint density at radius 3 is 2.44 bits per heavy atom. The Labute approximate surface area is 148 Å². The van der Waals surface area contributed by atoms with Gasteiger partial charge in [-0.15, -0.1) is 0 Å². The number of benzene rings is 1. The third-order valence-corrected chi connectivity index (χ3v) is 3.51. The van der Waals surface area contributed by atoms with E-state index in [2.05, 4.69) is 27.8 Å². The number of nitrogens with zero attached hydrogens (tertiary/aromatic N) is 1. The highest BCUT2D eigenvalue weighted by Crippen LogP contribution is 2.06. The fourth-order valence-corrected chi connectivity index (χ4v) is 2.34. The highest BCUT2D eigenvalue weighted by atomic mass is 16.2. The van der Waals surface area contributed by atoms with Crippen LogP contribution in [0.4, 0.5) is 0 Å². The first-order chi connectivity index (χ1) is 11.8. The Balaban J connectivity index is 1.87. The summed E-state index contributed by atoms with van der Waals surface area (Å²) in [5.41, 5.74) is 1.58. The van der Waals surface area contributed by atoms with Crippen molar-refractivity contribution in [2.45, 2.75) is 39.2 Å². The normalized spacial score (nSPS) is 11.0. The fraction of sp³-hybridized carbons (Fsp3) is 0.350. The van der Waals surface area contributed by atoms with Gasteiger partial charge in [-0.2, -0.15) is 0 Å². The van der Waals surface area contributed by atoms with E-state index in [4.69, 9.17) is 0 Å². The lowest BCUT2D eigenvalue weighted by atomic mass is 10.1. The Bertz CT molecular complexity index is 721. The van der Waals surface area contributed by atoms with Crippen LogP contribution in [0.5, 0.6) is 0 Å². The molecule has 0 saturated heterocycles. The number of rotatable bonds is 6. The van der Waals surface area contributed by atoms with Gasteiger partial charge in [-0.1, -0.05) is 30.3 Å². The lowest BCUT2D eigenvalue weighted by Gasteiger charge is -2.20. The Morgan fingerprint density at radius 1 is 1.04 bits per heavy atom. The molecule has 0 atom stereocenters. The predicted octanol–water partition coefficient (Wildman–Crippen LogP) is 2.97. The maximum absolute atomic E-state index is 12.2. The van der Waals surface area contributed by atoms with Gasteiger partial charge >= 0.3 is 0 Å². The second-order valence-electron chi connectivity index (χ2n) is 6.98. The summed E-state index contributed by atoms with van der Waals surface area (Å²) in [5, 5.41) is 5.72. The molecule has 0 fully saturated rings. The molecule has 0 saturated carbocycles. The molecule has 1 heterocycles. The van der Waals surface area contributed by atoms with Crippen LogP contribution in [0.25, 0.3) is 0 Å². The zero-order valence-corrected chi connectivity index (χ0v) is 15.0. The van der Waals surface area contributed by atoms with E-state index >= 15 is 0 Å². The Morgan fingerprint density at radius 2 is 1.76 bits per heavy atom. The number of aromatic nitrogens is 1. The molecule has 5 nitrogen and oxygen atoms in total. The molecule has 1 aromatic carbocycles.